The molecule has 0 bridgehead atoms. The zero-order valence-corrected chi connectivity index (χ0v) is 11.4. The van der Waals surface area contributed by atoms with Crippen LogP contribution in [0.4, 0.5) is 4.39 Å². The highest BCUT2D eigenvalue weighted by Gasteiger charge is 2.07. The first-order valence-corrected chi connectivity index (χ1v) is 6.75. The average Bonchev–Trinajstić information content (AvgIpc) is 2.67. The molecule has 0 radical (unpaired) electrons. The Morgan fingerprint density at radius 2 is 1.82 bits per heavy atom. The molecule has 0 atom stereocenters. The summed E-state index contributed by atoms with van der Waals surface area (Å²) in [4.78, 5) is 12.8. The highest BCUT2D eigenvalue weighted by Crippen LogP contribution is 2.22. The van der Waals surface area contributed by atoms with Crippen LogP contribution in [-0.4, -0.2) is 5.78 Å². The molecule has 2 rings (SSSR count). The molecule has 1 nitrogen and oxygen atoms in total. The third kappa shape index (κ3) is 3.75. The summed E-state index contributed by atoms with van der Waals surface area (Å²) in [6, 6.07) is 9.94. The number of halogens is 2. The molecule has 1 aromatic heterocycles. The maximum absolute atomic E-state index is 12.7. The Bertz CT molecular complexity index is 518. The highest BCUT2D eigenvalue weighted by atomic mass is 79.9. The summed E-state index contributed by atoms with van der Waals surface area (Å²) in [5.74, 6) is -0.130. The van der Waals surface area contributed by atoms with Gasteiger partial charge in [0.25, 0.3) is 0 Å². The maximum Gasteiger partial charge on any atom is 0.142 e. The van der Waals surface area contributed by atoms with Gasteiger partial charge in [-0.05, 0) is 45.8 Å². The number of carbonyl (C=O) groups is 1. The van der Waals surface area contributed by atoms with Gasteiger partial charge in [0.05, 0.1) is 3.79 Å². The normalized spacial score (nSPS) is 10.5. The molecule has 0 unspecified atom stereocenters. The third-order valence-electron chi connectivity index (χ3n) is 2.31. The van der Waals surface area contributed by atoms with Gasteiger partial charge in [0.15, 0.2) is 0 Å². The second-order valence-corrected chi connectivity index (χ2v) is 6.27. The number of Topliss-reactive ketones (excluding diaryl/α,β-unsaturated/α-hetero) is 1. The summed E-state index contributed by atoms with van der Waals surface area (Å²) in [5.41, 5.74) is 0.854. The van der Waals surface area contributed by atoms with Crippen molar-refractivity contribution in [3.05, 3.63) is 56.4 Å². The van der Waals surface area contributed by atoms with E-state index in [1.807, 2.05) is 12.1 Å². The first-order chi connectivity index (χ1) is 8.13. The molecule has 0 fully saturated rings. The lowest BCUT2D eigenvalue weighted by Crippen LogP contribution is -2.05. The highest BCUT2D eigenvalue weighted by molar-refractivity contribution is 9.11. The predicted molar refractivity (Wildman–Crippen MR) is 70.8 cm³/mol. The van der Waals surface area contributed by atoms with Crippen LogP contribution in [0.25, 0.3) is 0 Å². The van der Waals surface area contributed by atoms with Crippen molar-refractivity contribution in [2.24, 2.45) is 0 Å². The molecule has 0 saturated carbocycles. The fourth-order valence-corrected chi connectivity index (χ4v) is 3.05. The second-order valence-electron chi connectivity index (χ2n) is 3.72. The van der Waals surface area contributed by atoms with Crippen LogP contribution in [0.5, 0.6) is 0 Å². The molecule has 1 aromatic carbocycles. The molecule has 88 valence electrons. The van der Waals surface area contributed by atoms with Gasteiger partial charge < -0.3 is 0 Å². The van der Waals surface area contributed by atoms with Crippen LogP contribution in [-0.2, 0) is 17.6 Å². The third-order valence-corrected chi connectivity index (χ3v) is 3.94. The SMILES string of the molecule is O=C(Cc1ccc(F)cc1)Cc1ccc(Br)s1. The van der Waals surface area contributed by atoms with Crippen LogP contribution >= 0.6 is 27.3 Å². The van der Waals surface area contributed by atoms with Crippen molar-refractivity contribution in [1.82, 2.24) is 0 Å². The molecule has 0 spiro atoms. The molecular formula is C13H10BrFOS. The van der Waals surface area contributed by atoms with Crippen LogP contribution < -0.4 is 0 Å². The smallest absolute Gasteiger partial charge is 0.142 e. The van der Waals surface area contributed by atoms with E-state index < -0.39 is 0 Å². The maximum atomic E-state index is 12.7. The van der Waals surface area contributed by atoms with Crippen molar-refractivity contribution in [2.45, 2.75) is 12.8 Å². The molecule has 1 heterocycles. The van der Waals surface area contributed by atoms with Crippen LogP contribution in [0.15, 0.2) is 40.2 Å². The summed E-state index contributed by atoms with van der Waals surface area (Å²) in [6.07, 6.45) is 0.795. The van der Waals surface area contributed by atoms with Crippen molar-refractivity contribution in [3.8, 4) is 0 Å². The molecule has 17 heavy (non-hydrogen) atoms. The van der Waals surface area contributed by atoms with E-state index in [0.717, 1.165) is 14.2 Å². The molecule has 0 saturated heterocycles. The van der Waals surface area contributed by atoms with Gasteiger partial charge in [-0.25, -0.2) is 4.39 Å². The zero-order valence-electron chi connectivity index (χ0n) is 8.95. The minimum Gasteiger partial charge on any atom is -0.299 e. The summed E-state index contributed by atoms with van der Waals surface area (Å²) < 4.78 is 13.7. The van der Waals surface area contributed by atoms with Gasteiger partial charge in [-0.3, -0.25) is 4.79 Å². The number of rotatable bonds is 4. The number of hydrogen-bond acceptors (Lipinski definition) is 2. The lowest BCUT2D eigenvalue weighted by molar-refractivity contribution is -0.117. The Labute approximate surface area is 111 Å². The van der Waals surface area contributed by atoms with Crippen LogP contribution in [0.1, 0.15) is 10.4 Å². The van der Waals surface area contributed by atoms with Gasteiger partial charge in [0.1, 0.15) is 11.6 Å². The monoisotopic (exact) mass is 312 g/mol. The summed E-state index contributed by atoms with van der Waals surface area (Å²) >= 11 is 4.93. The van der Waals surface area contributed by atoms with Gasteiger partial charge >= 0.3 is 0 Å². The average molecular weight is 313 g/mol. The van der Waals surface area contributed by atoms with E-state index in [4.69, 9.17) is 0 Å². The van der Waals surface area contributed by atoms with Gasteiger partial charge in [0.2, 0.25) is 0 Å². The first-order valence-electron chi connectivity index (χ1n) is 5.14. The van der Waals surface area contributed by atoms with Crippen molar-refractivity contribution in [2.75, 3.05) is 0 Å². The van der Waals surface area contributed by atoms with E-state index in [-0.39, 0.29) is 11.6 Å². The van der Waals surface area contributed by atoms with Gasteiger partial charge in [-0.2, -0.15) is 0 Å². The second kappa shape index (κ2) is 5.56. The van der Waals surface area contributed by atoms with Gasteiger partial charge in [0, 0.05) is 17.7 Å². The summed E-state index contributed by atoms with van der Waals surface area (Å²) in [6.45, 7) is 0. The molecule has 4 heteroatoms. The van der Waals surface area contributed by atoms with Crippen LogP contribution in [0.2, 0.25) is 0 Å². The molecule has 0 aliphatic heterocycles. The number of thiophene rings is 1. The molecular weight excluding hydrogens is 303 g/mol. The van der Waals surface area contributed by atoms with Crippen molar-refractivity contribution in [3.63, 3.8) is 0 Å². The summed E-state index contributed by atoms with van der Waals surface area (Å²) in [7, 11) is 0. The fraction of sp³-hybridized carbons (Fsp3) is 0.154. The molecule has 2 aromatic rings. The van der Waals surface area contributed by atoms with E-state index >= 15 is 0 Å². The van der Waals surface area contributed by atoms with E-state index in [0.29, 0.717) is 12.8 Å². The van der Waals surface area contributed by atoms with E-state index in [2.05, 4.69) is 15.9 Å². The first kappa shape index (κ1) is 12.5. The minimum atomic E-state index is -0.275. The standard InChI is InChI=1S/C13H10BrFOS/c14-13-6-5-12(17-13)8-11(16)7-9-1-3-10(15)4-2-9/h1-6H,7-8H2. The van der Waals surface area contributed by atoms with Gasteiger partial charge in [-0.1, -0.05) is 12.1 Å². The predicted octanol–water partition coefficient (Wildman–Crippen LogP) is 4.00. The molecule has 0 aliphatic rings. The summed E-state index contributed by atoms with van der Waals surface area (Å²) in [5, 5.41) is 0. The molecule has 0 amide bonds. The minimum absolute atomic E-state index is 0.144. The van der Waals surface area contributed by atoms with E-state index in [9.17, 15) is 9.18 Å². The van der Waals surface area contributed by atoms with Gasteiger partial charge in [-0.15, -0.1) is 11.3 Å². The molecule has 0 N–H and O–H groups in total. The molecule has 0 aliphatic carbocycles. The fourth-order valence-electron chi connectivity index (χ4n) is 1.53. The lowest BCUT2D eigenvalue weighted by Gasteiger charge is -2.00. The largest absolute Gasteiger partial charge is 0.299 e. The van der Waals surface area contributed by atoms with Crippen LogP contribution in [0.3, 0.4) is 0 Å². The van der Waals surface area contributed by atoms with Crippen molar-refractivity contribution < 1.29 is 9.18 Å². The number of carbonyl (C=O) groups excluding carboxylic acids is 1. The Kier molecular flexibility index (Phi) is 4.07. The lowest BCUT2D eigenvalue weighted by atomic mass is 10.1. The number of benzene rings is 1. The van der Waals surface area contributed by atoms with Crippen molar-refractivity contribution >= 4 is 33.0 Å². The topological polar surface area (TPSA) is 17.1 Å². The van der Waals surface area contributed by atoms with Crippen molar-refractivity contribution in [1.29, 1.82) is 0 Å². The van der Waals surface area contributed by atoms with Crippen LogP contribution in [0, 0.1) is 5.82 Å². The van der Waals surface area contributed by atoms with E-state index in [1.54, 1.807) is 23.5 Å². The Morgan fingerprint density at radius 1 is 1.12 bits per heavy atom. The van der Waals surface area contributed by atoms with E-state index in [1.165, 1.54) is 12.1 Å². The Hall–Kier alpha value is -1.000. The Morgan fingerprint density at radius 3 is 2.41 bits per heavy atom. The Balaban J connectivity index is 1.95. The number of ketones is 1. The quantitative estimate of drug-likeness (QED) is 0.834. The number of hydrogen-bond donors (Lipinski definition) is 0. The zero-order chi connectivity index (χ0) is 12.3.